The summed E-state index contributed by atoms with van der Waals surface area (Å²) >= 11 is 0. The second kappa shape index (κ2) is 8.65. The van der Waals surface area contributed by atoms with Crippen LogP contribution < -0.4 is 10.6 Å². The van der Waals surface area contributed by atoms with Crippen molar-refractivity contribution in [3.63, 3.8) is 0 Å². The molecule has 0 aliphatic carbocycles. The van der Waals surface area contributed by atoms with E-state index in [9.17, 15) is 14.0 Å². The lowest BCUT2D eigenvalue weighted by Crippen LogP contribution is -2.35. The minimum absolute atomic E-state index is 0.203. The number of ether oxygens (including phenoxy) is 1. The SMILES string of the molecule is C[C@@H]1C=CC[C@H](NC(=O)OC(C)(C)C)c2cc(ccn2)-c2cc(F)ccc2NC1=O. The lowest BCUT2D eigenvalue weighted by atomic mass is 9.99. The number of anilines is 1. The predicted molar refractivity (Wildman–Crippen MR) is 113 cm³/mol. The molecule has 1 aromatic carbocycles. The molecule has 2 aromatic rings. The standard InChI is InChI=1S/C23H26FN3O3/c1-14-6-5-7-19(27-22(29)30-23(2,3)4)20-12-15(10-11-25-20)17-13-16(24)8-9-18(17)26-21(14)28/h5-6,8-14,19H,7H2,1-4H3,(H,26,28)(H,27,29)/t14-,19+/m1/s1. The van der Waals surface area contributed by atoms with E-state index in [2.05, 4.69) is 15.6 Å². The Kier molecular flexibility index (Phi) is 6.20. The largest absolute Gasteiger partial charge is 0.444 e. The summed E-state index contributed by atoms with van der Waals surface area (Å²) in [5.41, 5.74) is 1.71. The van der Waals surface area contributed by atoms with Gasteiger partial charge in [-0.2, -0.15) is 0 Å². The van der Waals surface area contributed by atoms with Crippen LogP contribution in [0.5, 0.6) is 0 Å². The van der Waals surface area contributed by atoms with Gasteiger partial charge in [0.05, 0.1) is 17.7 Å². The third-order valence-corrected chi connectivity index (χ3v) is 4.59. The molecule has 0 unspecified atom stereocenters. The fourth-order valence-electron chi connectivity index (χ4n) is 3.13. The van der Waals surface area contributed by atoms with Crippen LogP contribution in [0.1, 0.15) is 45.9 Å². The normalized spacial score (nSPS) is 19.0. The van der Waals surface area contributed by atoms with Gasteiger partial charge in [-0.25, -0.2) is 9.18 Å². The maximum absolute atomic E-state index is 14.0. The topological polar surface area (TPSA) is 80.3 Å². The van der Waals surface area contributed by atoms with Gasteiger partial charge in [0, 0.05) is 17.4 Å². The number of nitrogens with one attached hydrogen (secondary N) is 2. The molecule has 30 heavy (non-hydrogen) atoms. The summed E-state index contributed by atoms with van der Waals surface area (Å²) in [7, 11) is 0. The lowest BCUT2D eigenvalue weighted by Gasteiger charge is -2.23. The zero-order valence-electron chi connectivity index (χ0n) is 17.5. The Morgan fingerprint density at radius 3 is 2.77 bits per heavy atom. The number of rotatable bonds is 1. The summed E-state index contributed by atoms with van der Waals surface area (Å²) in [6, 6.07) is 7.27. The summed E-state index contributed by atoms with van der Waals surface area (Å²) in [6.07, 6.45) is 5.07. The number of benzene rings is 1. The maximum atomic E-state index is 14.0. The van der Waals surface area contributed by atoms with Gasteiger partial charge < -0.3 is 15.4 Å². The van der Waals surface area contributed by atoms with Gasteiger partial charge in [0.15, 0.2) is 0 Å². The molecule has 2 bridgehead atoms. The Balaban J connectivity index is 2.04. The fourth-order valence-corrected chi connectivity index (χ4v) is 3.13. The molecule has 1 aliphatic heterocycles. The van der Waals surface area contributed by atoms with Gasteiger partial charge in [-0.05, 0) is 63.1 Å². The van der Waals surface area contributed by atoms with Crippen molar-refractivity contribution in [1.29, 1.82) is 0 Å². The number of pyridine rings is 1. The first-order valence-electron chi connectivity index (χ1n) is 9.85. The van der Waals surface area contributed by atoms with E-state index in [1.165, 1.54) is 12.1 Å². The van der Waals surface area contributed by atoms with Gasteiger partial charge in [-0.3, -0.25) is 9.78 Å². The van der Waals surface area contributed by atoms with Crippen molar-refractivity contribution in [2.75, 3.05) is 5.32 Å². The van der Waals surface area contributed by atoms with Crippen LogP contribution in [0.4, 0.5) is 14.9 Å². The number of hydrogen-bond acceptors (Lipinski definition) is 4. The number of halogens is 1. The van der Waals surface area contributed by atoms with Crippen LogP contribution in [-0.2, 0) is 9.53 Å². The van der Waals surface area contributed by atoms with Crippen molar-refractivity contribution >= 4 is 17.7 Å². The van der Waals surface area contributed by atoms with E-state index < -0.39 is 29.5 Å². The molecule has 2 amide bonds. The monoisotopic (exact) mass is 411 g/mol. The zero-order chi connectivity index (χ0) is 21.9. The molecular formula is C23H26FN3O3. The smallest absolute Gasteiger partial charge is 0.408 e. The van der Waals surface area contributed by atoms with E-state index in [0.29, 0.717) is 28.9 Å². The Bertz CT molecular complexity index is 982. The summed E-state index contributed by atoms with van der Waals surface area (Å²) in [4.78, 5) is 29.3. The van der Waals surface area contributed by atoms with Crippen molar-refractivity contribution < 1.29 is 18.7 Å². The number of nitrogens with zero attached hydrogens (tertiary/aromatic N) is 1. The number of hydrogen-bond donors (Lipinski definition) is 2. The number of aromatic nitrogens is 1. The van der Waals surface area contributed by atoms with Gasteiger partial charge in [-0.15, -0.1) is 0 Å². The van der Waals surface area contributed by atoms with Crippen LogP contribution in [0, 0.1) is 11.7 Å². The van der Waals surface area contributed by atoms with Crippen molar-refractivity contribution in [3.8, 4) is 11.1 Å². The van der Waals surface area contributed by atoms with Gasteiger partial charge in [0.25, 0.3) is 0 Å². The molecule has 158 valence electrons. The first-order chi connectivity index (χ1) is 14.1. The number of alkyl carbamates (subject to hydrolysis) is 1. The Morgan fingerprint density at radius 2 is 2.03 bits per heavy atom. The van der Waals surface area contributed by atoms with Gasteiger partial charge >= 0.3 is 6.09 Å². The molecule has 0 radical (unpaired) electrons. The van der Waals surface area contributed by atoms with Crippen molar-refractivity contribution in [1.82, 2.24) is 10.3 Å². The van der Waals surface area contributed by atoms with Crippen molar-refractivity contribution in [2.45, 2.75) is 45.8 Å². The average molecular weight is 411 g/mol. The molecule has 2 heterocycles. The number of amides is 2. The summed E-state index contributed by atoms with van der Waals surface area (Å²) < 4.78 is 19.4. The highest BCUT2D eigenvalue weighted by Crippen LogP contribution is 2.31. The third kappa shape index (κ3) is 5.43. The molecule has 0 saturated heterocycles. The molecule has 2 atom stereocenters. The molecule has 0 fully saturated rings. The fraction of sp³-hybridized carbons (Fsp3) is 0.348. The van der Waals surface area contributed by atoms with Gasteiger partial charge in [0.1, 0.15) is 11.4 Å². The van der Waals surface area contributed by atoms with E-state index in [1.54, 1.807) is 58.2 Å². The van der Waals surface area contributed by atoms with Crippen molar-refractivity contribution in [3.05, 3.63) is 60.2 Å². The van der Waals surface area contributed by atoms with E-state index in [-0.39, 0.29) is 5.91 Å². The first-order valence-corrected chi connectivity index (χ1v) is 9.85. The van der Waals surface area contributed by atoms with Crippen LogP contribution in [0.25, 0.3) is 11.1 Å². The van der Waals surface area contributed by atoms with E-state index in [1.807, 2.05) is 6.08 Å². The van der Waals surface area contributed by atoms with Crippen LogP contribution in [0.3, 0.4) is 0 Å². The number of fused-ring (bicyclic) bond motifs is 4. The van der Waals surface area contributed by atoms with E-state index in [0.717, 1.165) is 0 Å². The maximum Gasteiger partial charge on any atom is 0.408 e. The minimum Gasteiger partial charge on any atom is -0.444 e. The Hall–Kier alpha value is -3.22. The van der Waals surface area contributed by atoms with E-state index in [4.69, 9.17) is 4.74 Å². The zero-order valence-corrected chi connectivity index (χ0v) is 17.5. The summed E-state index contributed by atoms with van der Waals surface area (Å²) in [6.45, 7) is 7.14. The number of carbonyl (C=O) groups excluding carboxylic acids is 2. The molecule has 0 spiro atoms. The molecule has 0 saturated carbocycles. The van der Waals surface area contributed by atoms with Gasteiger partial charge in [0.2, 0.25) is 5.91 Å². The second-order valence-electron chi connectivity index (χ2n) is 8.30. The second-order valence-corrected chi connectivity index (χ2v) is 8.30. The van der Waals surface area contributed by atoms with Crippen LogP contribution in [0.2, 0.25) is 0 Å². The Labute approximate surface area is 175 Å². The molecule has 2 N–H and O–H groups in total. The molecule has 1 aliphatic rings. The highest BCUT2D eigenvalue weighted by Gasteiger charge is 2.22. The molecule has 3 rings (SSSR count). The summed E-state index contributed by atoms with van der Waals surface area (Å²) in [5.74, 6) is -1.02. The predicted octanol–water partition coefficient (Wildman–Crippen LogP) is 4.99. The van der Waals surface area contributed by atoms with Crippen LogP contribution in [0.15, 0.2) is 48.7 Å². The van der Waals surface area contributed by atoms with Crippen LogP contribution >= 0.6 is 0 Å². The molecule has 6 nitrogen and oxygen atoms in total. The third-order valence-electron chi connectivity index (χ3n) is 4.59. The quantitative estimate of drug-likeness (QED) is 0.648. The molecule has 1 aromatic heterocycles. The van der Waals surface area contributed by atoms with Gasteiger partial charge in [-0.1, -0.05) is 19.1 Å². The highest BCUT2D eigenvalue weighted by atomic mass is 19.1. The van der Waals surface area contributed by atoms with Crippen LogP contribution in [-0.4, -0.2) is 22.6 Å². The van der Waals surface area contributed by atoms with E-state index >= 15 is 0 Å². The van der Waals surface area contributed by atoms with Crippen molar-refractivity contribution in [2.24, 2.45) is 5.92 Å². The summed E-state index contributed by atoms with van der Waals surface area (Å²) in [5, 5.41) is 5.71. The highest BCUT2D eigenvalue weighted by molar-refractivity contribution is 5.97. The average Bonchev–Trinajstić information content (AvgIpc) is 2.66. The Morgan fingerprint density at radius 1 is 1.27 bits per heavy atom. The lowest BCUT2D eigenvalue weighted by molar-refractivity contribution is -0.118. The molecule has 7 heteroatoms. The molecular weight excluding hydrogens is 385 g/mol. The first kappa shape index (κ1) is 21.5. The number of carbonyl (C=O) groups is 2. The minimum atomic E-state index is -0.635.